The van der Waals surface area contributed by atoms with Crippen LogP contribution in [0.2, 0.25) is 0 Å². The number of sulfone groups is 1. The van der Waals surface area contributed by atoms with Crippen LogP contribution in [0.1, 0.15) is 12.0 Å². The van der Waals surface area contributed by atoms with Crippen LogP contribution in [0.5, 0.6) is 0 Å². The van der Waals surface area contributed by atoms with Gasteiger partial charge >= 0.3 is 0 Å². The number of fused-ring (bicyclic) bond motifs is 1. The molecule has 21 heavy (non-hydrogen) atoms. The molecule has 114 valence electrons. The van der Waals surface area contributed by atoms with E-state index in [0.29, 0.717) is 36.6 Å². The summed E-state index contributed by atoms with van der Waals surface area (Å²) in [6, 6.07) is 5.09. The maximum atomic E-state index is 12.0. The van der Waals surface area contributed by atoms with Crippen molar-refractivity contribution in [1.29, 1.82) is 0 Å². The van der Waals surface area contributed by atoms with Gasteiger partial charge in [0.15, 0.2) is 9.84 Å². The van der Waals surface area contributed by atoms with Crippen molar-refractivity contribution < 1.29 is 17.9 Å². The number of hydrogen-bond donors (Lipinski definition) is 2. The van der Waals surface area contributed by atoms with E-state index in [4.69, 9.17) is 4.74 Å². The number of carbonyl (C=O) groups is 1. The van der Waals surface area contributed by atoms with Crippen molar-refractivity contribution in [3.8, 4) is 0 Å². The van der Waals surface area contributed by atoms with E-state index < -0.39 is 9.84 Å². The Kier molecular flexibility index (Phi) is 3.97. The molecule has 1 amide bonds. The lowest BCUT2D eigenvalue weighted by Gasteiger charge is -2.23. The third-order valence-electron chi connectivity index (χ3n) is 3.76. The fraction of sp³-hybridized carbons (Fsp3) is 0.500. The van der Waals surface area contributed by atoms with Crippen LogP contribution in [0.3, 0.4) is 0 Å². The maximum Gasteiger partial charge on any atom is 0.226 e. The summed E-state index contributed by atoms with van der Waals surface area (Å²) in [5.41, 5.74) is 1.36. The van der Waals surface area contributed by atoms with E-state index in [1.165, 1.54) is 0 Å². The second-order valence-electron chi connectivity index (χ2n) is 5.37. The number of ether oxygens (including phenoxy) is 1. The van der Waals surface area contributed by atoms with Gasteiger partial charge in [0.05, 0.1) is 23.9 Å². The monoisotopic (exact) mass is 310 g/mol. The summed E-state index contributed by atoms with van der Waals surface area (Å²) in [7, 11) is -3.17. The molecule has 0 spiro atoms. The Morgan fingerprint density at radius 3 is 3.05 bits per heavy atom. The van der Waals surface area contributed by atoms with Crippen molar-refractivity contribution in [2.24, 2.45) is 0 Å². The number of anilines is 1. The van der Waals surface area contributed by atoms with Gasteiger partial charge in [0, 0.05) is 24.7 Å². The Labute approximate surface area is 123 Å². The average Bonchev–Trinajstić information content (AvgIpc) is 2.75. The molecule has 1 saturated heterocycles. The molecule has 2 N–H and O–H groups in total. The first kappa shape index (κ1) is 14.5. The zero-order valence-electron chi connectivity index (χ0n) is 11.6. The average molecular weight is 310 g/mol. The molecule has 1 atom stereocenters. The third kappa shape index (κ3) is 3.25. The van der Waals surface area contributed by atoms with Gasteiger partial charge in [0.1, 0.15) is 0 Å². The van der Waals surface area contributed by atoms with E-state index in [1.807, 2.05) is 0 Å². The van der Waals surface area contributed by atoms with Crippen molar-refractivity contribution in [1.82, 2.24) is 5.32 Å². The van der Waals surface area contributed by atoms with Crippen molar-refractivity contribution in [3.05, 3.63) is 23.8 Å². The first-order chi connectivity index (χ1) is 10.0. The second kappa shape index (κ2) is 5.75. The van der Waals surface area contributed by atoms with E-state index in [2.05, 4.69) is 10.6 Å². The number of nitrogens with one attached hydrogen (secondary N) is 2. The van der Waals surface area contributed by atoms with E-state index in [1.54, 1.807) is 18.2 Å². The van der Waals surface area contributed by atoms with Crippen LogP contribution < -0.4 is 10.6 Å². The summed E-state index contributed by atoms with van der Waals surface area (Å²) in [5.74, 6) is 0.0108. The Balaban J connectivity index is 1.67. The van der Waals surface area contributed by atoms with Crippen LogP contribution in [0.25, 0.3) is 0 Å². The number of morpholine rings is 1. The Bertz CT molecular complexity index is 651. The van der Waals surface area contributed by atoms with Gasteiger partial charge in [0.2, 0.25) is 5.91 Å². The Hall–Kier alpha value is -1.44. The van der Waals surface area contributed by atoms with Gasteiger partial charge in [-0.3, -0.25) is 4.79 Å². The summed E-state index contributed by atoms with van der Waals surface area (Å²) in [6.45, 7) is 1.93. The predicted molar refractivity (Wildman–Crippen MR) is 78.1 cm³/mol. The van der Waals surface area contributed by atoms with Gasteiger partial charge in [-0.25, -0.2) is 8.42 Å². The van der Waals surface area contributed by atoms with Crippen LogP contribution in [0, 0.1) is 0 Å². The largest absolute Gasteiger partial charge is 0.378 e. The third-order valence-corrected chi connectivity index (χ3v) is 5.55. The van der Waals surface area contributed by atoms with Crippen LogP contribution in [-0.2, 0) is 25.8 Å². The maximum absolute atomic E-state index is 12.0. The predicted octanol–water partition coefficient (Wildman–Crippen LogP) is 0.333. The fourth-order valence-corrected chi connectivity index (χ4v) is 4.25. The van der Waals surface area contributed by atoms with E-state index in [-0.39, 0.29) is 17.7 Å². The minimum atomic E-state index is -3.17. The Morgan fingerprint density at radius 1 is 1.43 bits per heavy atom. The van der Waals surface area contributed by atoms with Crippen molar-refractivity contribution in [2.75, 3.05) is 30.8 Å². The lowest BCUT2D eigenvalue weighted by molar-refractivity contribution is -0.117. The molecule has 2 heterocycles. The molecule has 0 aromatic heterocycles. The molecule has 1 aromatic rings. The molecule has 7 heteroatoms. The molecule has 1 fully saturated rings. The lowest BCUT2D eigenvalue weighted by atomic mass is 10.1. The quantitative estimate of drug-likeness (QED) is 0.841. The number of benzene rings is 1. The summed E-state index contributed by atoms with van der Waals surface area (Å²) in [4.78, 5) is 12.3. The van der Waals surface area contributed by atoms with Gasteiger partial charge < -0.3 is 15.4 Å². The number of rotatable bonds is 3. The van der Waals surface area contributed by atoms with E-state index in [0.717, 1.165) is 12.1 Å². The van der Waals surface area contributed by atoms with Gasteiger partial charge in [-0.1, -0.05) is 6.07 Å². The van der Waals surface area contributed by atoms with Crippen LogP contribution in [0.4, 0.5) is 5.69 Å². The lowest BCUT2D eigenvalue weighted by Crippen LogP contribution is -2.43. The number of amides is 1. The summed E-state index contributed by atoms with van der Waals surface area (Å²) in [5, 5.41) is 5.97. The molecule has 3 rings (SSSR count). The molecule has 1 aromatic carbocycles. The number of carbonyl (C=O) groups excluding carboxylic acids is 1. The topological polar surface area (TPSA) is 84.5 Å². The molecule has 0 aliphatic carbocycles. The summed E-state index contributed by atoms with van der Waals surface area (Å²) in [6.07, 6.45) is 0.860. The molecule has 1 unspecified atom stereocenters. The molecular formula is C14H18N2O4S. The standard InChI is InChI=1S/C14H18N2O4S/c17-14(8-12-9-20-5-4-15-12)16-11-2-1-10-3-6-21(18,19)13(10)7-11/h1-2,7,12,15H,3-6,8-9H2,(H,16,17). The first-order valence-corrected chi connectivity index (χ1v) is 8.66. The normalized spacial score (nSPS) is 23.5. The van der Waals surface area contributed by atoms with Crippen molar-refractivity contribution >= 4 is 21.4 Å². The van der Waals surface area contributed by atoms with Gasteiger partial charge in [-0.2, -0.15) is 0 Å². The SMILES string of the molecule is O=C(CC1COCCN1)Nc1ccc2c(c1)S(=O)(=O)CC2. The minimum Gasteiger partial charge on any atom is -0.378 e. The molecule has 0 radical (unpaired) electrons. The molecule has 2 aliphatic rings. The van der Waals surface area contributed by atoms with Crippen LogP contribution >= 0.6 is 0 Å². The first-order valence-electron chi connectivity index (χ1n) is 7.01. The highest BCUT2D eigenvalue weighted by atomic mass is 32.2. The molecule has 0 saturated carbocycles. The number of aryl methyl sites for hydroxylation is 1. The molecule has 0 bridgehead atoms. The fourth-order valence-electron chi connectivity index (χ4n) is 2.67. The summed E-state index contributed by atoms with van der Waals surface area (Å²) >= 11 is 0. The molecule has 6 nitrogen and oxygen atoms in total. The second-order valence-corrected chi connectivity index (χ2v) is 7.45. The minimum absolute atomic E-state index is 0.0110. The zero-order valence-corrected chi connectivity index (χ0v) is 12.4. The highest BCUT2D eigenvalue weighted by Gasteiger charge is 2.26. The van der Waals surface area contributed by atoms with E-state index >= 15 is 0 Å². The van der Waals surface area contributed by atoms with Gasteiger partial charge in [0.25, 0.3) is 0 Å². The van der Waals surface area contributed by atoms with Crippen molar-refractivity contribution in [3.63, 3.8) is 0 Å². The molecular weight excluding hydrogens is 292 g/mol. The van der Waals surface area contributed by atoms with Crippen molar-refractivity contribution in [2.45, 2.75) is 23.8 Å². The van der Waals surface area contributed by atoms with Crippen LogP contribution in [-0.4, -0.2) is 45.9 Å². The van der Waals surface area contributed by atoms with Crippen LogP contribution in [0.15, 0.2) is 23.1 Å². The van der Waals surface area contributed by atoms with Gasteiger partial charge in [-0.15, -0.1) is 0 Å². The van der Waals surface area contributed by atoms with Gasteiger partial charge in [-0.05, 0) is 24.1 Å². The summed E-state index contributed by atoms with van der Waals surface area (Å²) < 4.78 is 29.0. The Morgan fingerprint density at radius 2 is 2.29 bits per heavy atom. The van der Waals surface area contributed by atoms with E-state index in [9.17, 15) is 13.2 Å². The highest BCUT2D eigenvalue weighted by molar-refractivity contribution is 7.91. The highest BCUT2D eigenvalue weighted by Crippen LogP contribution is 2.28. The molecule has 2 aliphatic heterocycles. The number of hydrogen-bond acceptors (Lipinski definition) is 5. The smallest absolute Gasteiger partial charge is 0.226 e. The zero-order chi connectivity index (χ0) is 14.9.